The molecule has 4 aromatic carbocycles. The molecule has 2 N–H and O–H groups in total. The van der Waals surface area contributed by atoms with Crippen LogP contribution in [0.5, 0.6) is 0 Å². The van der Waals surface area contributed by atoms with E-state index in [1.54, 1.807) is 6.21 Å². The predicted molar refractivity (Wildman–Crippen MR) is 135 cm³/mol. The number of benzene rings is 4. The third kappa shape index (κ3) is 3.36. The number of aliphatic imine (C=N–C) groups is 2. The molecule has 0 fully saturated rings. The summed E-state index contributed by atoms with van der Waals surface area (Å²) in [6.45, 7) is 3.94. The largest absolute Gasteiger partial charge is 0.456 e. The Hall–Kier alpha value is -4.64. The minimum atomic E-state index is 0.321. The number of hydrogen-bond acceptors (Lipinski definition) is 4. The molecule has 5 nitrogen and oxygen atoms in total. The monoisotopic (exact) mass is 429 g/mol. The summed E-state index contributed by atoms with van der Waals surface area (Å²) in [6.07, 6.45) is 1.73. The molecule has 33 heavy (non-hydrogen) atoms. The van der Waals surface area contributed by atoms with Gasteiger partial charge in [0.1, 0.15) is 34.0 Å². The lowest BCUT2D eigenvalue weighted by molar-refractivity contribution is 0.668. The fraction of sp³-hybridized carbons (Fsp3) is 0. The van der Waals surface area contributed by atoms with Crippen LogP contribution < -0.4 is 5.73 Å². The lowest BCUT2D eigenvalue weighted by Crippen LogP contribution is -2.13. The minimum absolute atomic E-state index is 0.321. The normalized spacial score (nSPS) is 12.5. The second-order valence-corrected chi connectivity index (χ2v) is 7.83. The summed E-state index contributed by atoms with van der Waals surface area (Å²) < 4.78 is 11.8. The van der Waals surface area contributed by atoms with Crippen LogP contribution in [0.4, 0.5) is 0 Å². The quantitative estimate of drug-likeness (QED) is 0.248. The van der Waals surface area contributed by atoms with Crippen molar-refractivity contribution in [3.63, 3.8) is 0 Å². The smallest absolute Gasteiger partial charge is 0.147 e. The molecule has 0 radical (unpaired) electrons. The fourth-order valence-corrected chi connectivity index (χ4v) is 4.09. The van der Waals surface area contributed by atoms with Crippen molar-refractivity contribution in [2.45, 2.75) is 0 Å². The van der Waals surface area contributed by atoms with Gasteiger partial charge < -0.3 is 14.6 Å². The van der Waals surface area contributed by atoms with Gasteiger partial charge in [-0.2, -0.15) is 0 Å². The van der Waals surface area contributed by atoms with Crippen LogP contribution in [-0.4, -0.2) is 12.1 Å². The van der Waals surface area contributed by atoms with Crippen molar-refractivity contribution in [1.82, 2.24) is 0 Å². The third-order valence-electron chi connectivity index (χ3n) is 5.69. The summed E-state index contributed by atoms with van der Waals surface area (Å²) in [7, 11) is 0. The van der Waals surface area contributed by atoms with Gasteiger partial charge in [0.25, 0.3) is 0 Å². The highest BCUT2D eigenvalue weighted by Gasteiger charge is 2.09. The lowest BCUT2D eigenvalue weighted by atomic mass is 10.1. The van der Waals surface area contributed by atoms with Crippen LogP contribution in [-0.2, 0) is 0 Å². The van der Waals surface area contributed by atoms with Crippen molar-refractivity contribution in [3.8, 4) is 0 Å². The minimum Gasteiger partial charge on any atom is -0.456 e. The molecule has 0 aliphatic rings. The molecule has 0 atom stereocenters. The molecule has 2 heterocycles. The molecule has 2 aromatic heterocycles. The Morgan fingerprint density at radius 2 is 1.27 bits per heavy atom. The summed E-state index contributed by atoms with van der Waals surface area (Å²) >= 11 is 0. The van der Waals surface area contributed by atoms with Crippen LogP contribution in [0.2, 0.25) is 0 Å². The van der Waals surface area contributed by atoms with Crippen molar-refractivity contribution in [2.75, 3.05) is 0 Å². The molecule has 0 bridgehead atoms. The van der Waals surface area contributed by atoms with Crippen molar-refractivity contribution in [2.24, 2.45) is 15.7 Å². The van der Waals surface area contributed by atoms with E-state index >= 15 is 0 Å². The summed E-state index contributed by atoms with van der Waals surface area (Å²) in [5.41, 5.74) is 11.3. The van der Waals surface area contributed by atoms with Crippen LogP contribution in [0.25, 0.3) is 43.9 Å². The van der Waals surface area contributed by atoms with Crippen LogP contribution in [0, 0.1) is 0 Å². The van der Waals surface area contributed by atoms with E-state index in [1.165, 1.54) is 0 Å². The van der Waals surface area contributed by atoms with Gasteiger partial charge in [-0.05, 0) is 54.1 Å². The molecule has 0 unspecified atom stereocenters. The fourth-order valence-electron chi connectivity index (χ4n) is 4.09. The SMILES string of the molecule is C=C(N=Cc1ccc2oc3ccccc3c2c1)N=C(N)c1ccc2oc3ccccc3c2c1. The Bertz CT molecular complexity index is 1750. The van der Waals surface area contributed by atoms with Gasteiger partial charge in [-0.1, -0.05) is 43.0 Å². The van der Waals surface area contributed by atoms with Gasteiger partial charge in [-0.15, -0.1) is 0 Å². The van der Waals surface area contributed by atoms with E-state index in [1.807, 2.05) is 84.9 Å². The molecule has 0 saturated carbocycles. The second-order valence-electron chi connectivity index (χ2n) is 7.83. The number of nitrogens with zero attached hydrogens (tertiary/aromatic N) is 2. The molecular weight excluding hydrogens is 410 g/mol. The van der Waals surface area contributed by atoms with E-state index in [0.717, 1.165) is 55.0 Å². The van der Waals surface area contributed by atoms with Gasteiger partial charge >= 0.3 is 0 Å². The molecule has 5 heteroatoms. The van der Waals surface area contributed by atoms with Crippen LogP contribution in [0.1, 0.15) is 11.1 Å². The van der Waals surface area contributed by atoms with Crippen molar-refractivity contribution < 1.29 is 8.83 Å². The van der Waals surface area contributed by atoms with Crippen molar-refractivity contribution >= 4 is 55.9 Å². The van der Waals surface area contributed by atoms with E-state index in [0.29, 0.717) is 11.7 Å². The number of para-hydroxylation sites is 2. The number of hydrogen-bond donors (Lipinski definition) is 1. The van der Waals surface area contributed by atoms with Gasteiger partial charge in [0.2, 0.25) is 0 Å². The third-order valence-corrected chi connectivity index (χ3v) is 5.69. The topological polar surface area (TPSA) is 77.0 Å². The Kier molecular flexibility index (Phi) is 4.33. The molecule has 6 rings (SSSR count). The van der Waals surface area contributed by atoms with Gasteiger partial charge in [-0.25, -0.2) is 9.98 Å². The Morgan fingerprint density at radius 1 is 0.697 bits per heavy atom. The maximum absolute atomic E-state index is 6.26. The standard InChI is InChI=1S/C28H19N3O2/c1-17(30-16-18-10-12-26-22(14-18)20-6-2-4-8-24(20)32-26)31-28(29)19-11-13-27-23(15-19)21-7-3-5-9-25(21)33-27/h2-16H,1H2,(H2,29,31). The van der Waals surface area contributed by atoms with E-state index in [9.17, 15) is 0 Å². The summed E-state index contributed by atoms with van der Waals surface area (Å²) in [6, 6.07) is 27.6. The Balaban J connectivity index is 1.28. The van der Waals surface area contributed by atoms with Crippen LogP contribution >= 0.6 is 0 Å². The first-order chi connectivity index (χ1) is 16.2. The average molecular weight is 429 g/mol. The number of fused-ring (bicyclic) bond motifs is 6. The highest BCUT2D eigenvalue weighted by atomic mass is 16.3. The molecule has 0 aliphatic carbocycles. The predicted octanol–water partition coefficient (Wildman–Crippen LogP) is 6.78. The molecule has 0 amide bonds. The van der Waals surface area contributed by atoms with Gasteiger partial charge in [0, 0.05) is 33.3 Å². The Morgan fingerprint density at radius 3 is 1.97 bits per heavy atom. The van der Waals surface area contributed by atoms with E-state index in [2.05, 4.69) is 16.6 Å². The number of rotatable bonds is 4. The number of amidine groups is 1. The first-order valence-electron chi connectivity index (χ1n) is 10.6. The van der Waals surface area contributed by atoms with Crippen LogP contribution in [0.15, 0.2) is 116 Å². The molecule has 0 aliphatic heterocycles. The van der Waals surface area contributed by atoms with Crippen LogP contribution in [0.3, 0.4) is 0 Å². The molecular formula is C28H19N3O2. The zero-order valence-corrected chi connectivity index (χ0v) is 17.7. The van der Waals surface area contributed by atoms with Crippen molar-refractivity contribution in [1.29, 1.82) is 0 Å². The van der Waals surface area contributed by atoms with Crippen molar-refractivity contribution in [3.05, 3.63) is 108 Å². The highest BCUT2D eigenvalue weighted by molar-refractivity contribution is 6.09. The average Bonchev–Trinajstić information content (AvgIpc) is 3.40. The molecule has 158 valence electrons. The summed E-state index contributed by atoms with van der Waals surface area (Å²) in [4.78, 5) is 8.79. The maximum Gasteiger partial charge on any atom is 0.147 e. The molecule has 6 aromatic rings. The molecule has 0 spiro atoms. The summed E-state index contributed by atoms with van der Waals surface area (Å²) in [5, 5.41) is 4.16. The Labute approximate surface area is 189 Å². The highest BCUT2D eigenvalue weighted by Crippen LogP contribution is 2.30. The van der Waals surface area contributed by atoms with Gasteiger partial charge in [0.15, 0.2) is 0 Å². The molecule has 0 saturated heterocycles. The van der Waals surface area contributed by atoms with Gasteiger partial charge in [-0.3, -0.25) is 0 Å². The maximum atomic E-state index is 6.26. The second kappa shape index (κ2) is 7.50. The summed E-state index contributed by atoms with van der Waals surface area (Å²) in [5.74, 6) is 0.669. The van der Waals surface area contributed by atoms with E-state index in [4.69, 9.17) is 14.6 Å². The lowest BCUT2D eigenvalue weighted by Gasteiger charge is -2.01. The van der Waals surface area contributed by atoms with E-state index < -0.39 is 0 Å². The number of furan rings is 2. The zero-order valence-electron chi connectivity index (χ0n) is 17.7. The first kappa shape index (κ1) is 19.1. The number of nitrogens with two attached hydrogens (primary N) is 1. The zero-order chi connectivity index (χ0) is 22.4. The van der Waals surface area contributed by atoms with E-state index in [-0.39, 0.29) is 0 Å². The first-order valence-corrected chi connectivity index (χ1v) is 10.6. The van der Waals surface area contributed by atoms with Gasteiger partial charge in [0.05, 0.1) is 0 Å².